The van der Waals surface area contributed by atoms with Crippen LogP contribution in [0.25, 0.3) is 0 Å². The minimum Gasteiger partial charge on any atom is -0.308 e. The summed E-state index contributed by atoms with van der Waals surface area (Å²) in [4.78, 5) is 0. The number of hydrogen-bond acceptors (Lipinski definition) is 4. The van der Waals surface area contributed by atoms with E-state index in [1.807, 2.05) is 0 Å². The van der Waals surface area contributed by atoms with Gasteiger partial charge < -0.3 is 5.32 Å². The molecule has 82 valence electrons. The van der Waals surface area contributed by atoms with Crippen molar-refractivity contribution in [2.24, 2.45) is 5.92 Å². The normalized spacial score (nSPS) is 21.6. The van der Waals surface area contributed by atoms with Crippen LogP contribution in [0.3, 0.4) is 0 Å². The fourth-order valence-corrected chi connectivity index (χ4v) is 2.82. The van der Waals surface area contributed by atoms with Gasteiger partial charge in [-0.25, -0.2) is 0 Å². The summed E-state index contributed by atoms with van der Waals surface area (Å²) in [7, 11) is 0. The zero-order chi connectivity index (χ0) is 10.1. The molecule has 2 aliphatic rings. The molecular weight excluding hydrogens is 206 g/mol. The van der Waals surface area contributed by atoms with Crippen molar-refractivity contribution in [3.63, 3.8) is 0 Å². The zero-order valence-corrected chi connectivity index (χ0v) is 9.72. The molecule has 2 saturated carbocycles. The molecule has 0 radical (unpaired) electrons. The summed E-state index contributed by atoms with van der Waals surface area (Å²) in [6.07, 6.45) is 8.06. The maximum absolute atomic E-state index is 4.26. The van der Waals surface area contributed by atoms with Gasteiger partial charge >= 0.3 is 0 Å². The van der Waals surface area contributed by atoms with E-state index in [0.717, 1.165) is 23.5 Å². The summed E-state index contributed by atoms with van der Waals surface area (Å²) in [6.45, 7) is 0.924. The van der Waals surface area contributed by atoms with Crippen molar-refractivity contribution in [2.45, 2.75) is 51.1 Å². The zero-order valence-electron chi connectivity index (χ0n) is 8.91. The van der Waals surface area contributed by atoms with Gasteiger partial charge in [0.2, 0.25) is 0 Å². The highest BCUT2D eigenvalue weighted by Gasteiger charge is 2.22. The standard InChI is InChI=1S/C11H17N3S/c1-2-8(3-1)6-10-13-14-11(15-10)7-12-9-4-5-9/h8-9,12H,1-7H2. The Bertz CT molecular complexity index is 328. The van der Waals surface area contributed by atoms with Crippen molar-refractivity contribution >= 4 is 11.3 Å². The fourth-order valence-electron chi connectivity index (χ4n) is 1.91. The molecule has 1 heterocycles. The Morgan fingerprint density at radius 2 is 1.93 bits per heavy atom. The topological polar surface area (TPSA) is 37.8 Å². The molecule has 1 aromatic heterocycles. The predicted octanol–water partition coefficient (Wildman–Crippen LogP) is 2.13. The van der Waals surface area contributed by atoms with E-state index >= 15 is 0 Å². The molecule has 4 heteroatoms. The van der Waals surface area contributed by atoms with Crippen LogP contribution in [0.1, 0.15) is 42.1 Å². The lowest BCUT2D eigenvalue weighted by Crippen LogP contribution is -2.14. The molecule has 1 N–H and O–H groups in total. The largest absolute Gasteiger partial charge is 0.308 e. The van der Waals surface area contributed by atoms with Crippen molar-refractivity contribution in [2.75, 3.05) is 0 Å². The van der Waals surface area contributed by atoms with E-state index in [1.165, 1.54) is 43.5 Å². The lowest BCUT2D eigenvalue weighted by atomic mass is 9.83. The number of nitrogens with zero attached hydrogens (tertiary/aromatic N) is 2. The Kier molecular flexibility index (Phi) is 2.71. The molecule has 1 aromatic rings. The van der Waals surface area contributed by atoms with Gasteiger partial charge in [-0.15, -0.1) is 21.5 Å². The third-order valence-electron chi connectivity index (χ3n) is 3.32. The molecule has 0 aliphatic heterocycles. The Balaban J connectivity index is 1.50. The highest BCUT2D eigenvalue weighted by molar-refractivity contribution is 7.11. The third kappa shape index (κ3) is 2.55. The van der Waals surface area contributed by atoms with Gasteiger partial charge in [0, 0.05) is 19.0 Å². The second kappa shape index (κ2) is 4.18. The van der Waals surface area contributed by atoms with E-state index in [2.05, 4.69) is 15.5 Å². The summed E-state index contributed by atoms with van der Waals surface area (Å²) in [5, 5.41) is 14.4. The monoisotopic (exact) mass is 223 g/mol. The first kappa shape index (κ1) is 9.73. The van der Waals surface area contributed by atoms with E-state index in [4.69, 9.17) is 0 Å². The van der Waals surface area contributed by atoms with Crippen LogP contribution in [0.15, 0.2) is 0 Å². The molecule has 3 rings (SSSR count). The van der Waals surface area contributed by atoms with E-state index in [1.54, 1.807) is 11.3 Å². The summed E-state index contributed by atoms with van der Waals surface area (Å²) >= 11 is 1.80. The van der Waals surface area contributed by atoms with E-state index in [-0.39, 0.29) is 0 Å². The van der Waals surface area contributed by atoms with E-state index in [0.29, 0.717) is 0 Å². The average molecular weight is 223 g/mol. The van der Waals surface area contributed by atoms with Gasteiger partial charge in [0.05, 0.1) is 0 Å². The summed E-state index contributed by atoms with van der Waals surface area (Å²) in [6, 6.07) is 0.768. The average Bonchev–Trinajstić information content (AvgIpc) is 2.89. The van der Waals surface area contributed by atoms with Gasteiger partial charge in [-0.05, 0) is 18.8 Å². The lowest BCUT2D eigenvalue weighted by molar-refractivity contribution is 0.313. The van der Waals surface area contributed by atoms with Gasteiger partial charge in [0.15, 0.2) is 0 Å². The minimum absolute atomic E-state index is 0.768. The van der Waals surface area contributed by atoms with Crippen LogP contribution < -0.4 is 5.32 Å². The molecule has 0 unspecified atom stereocenters. The summed E-state index contributed by atoms with van der Waals surface area (Å²) in [5.41, 5.74) is 0. The van der Waals surface area contributed by atoms with Crippen LogP contribution in [-0.2, 0) is 13.0 Å². The van der Waals surface area contributed by atoms with Crippen LogP contribution in [0.4, 0.5) is 0 Å². The van der Waals surface area contributed by atoms with Gasteiger partial charge in [0.25, 0.3) is 0 Å². The van der Waals surface area contributed by atoms with Crippen LogP contribution in [0, 0.1) is 5.92 Å². The van der Waals surface area contributed by atoms with Gasteiger partial charge in [0.1, 0.15) is 10.0 Å². The van der Waals surface area contributed by atoms with Gasteiger partial charge in [-0.2, -0.15) is 0 Å². The summed E-state index contributed by atoms with van der Waals surface area (Å²) < 4.78 is 0. The first-order valence-corrected chi connectivity index (χ1v) is 6.76. The molecule has 0 spiro atoms. The maximum Gasteiger partial charge on any atom is 0.131 e. The van der Waals surface area contributed by atoms with Crippen LogP contribution >= 0.6 is 11.3 Å². The van der Waals surface area contributed by atoms with Crippen molar-refractivity contribution in [3.8, 4) is 0 Å². The molecule has 3 nitrogen and oxygen atoms in total. The lowest BCUT2D eigenvalue weighted by Gasteiger charge is -2.23. The Hall–Kier alpha value is -0.480. The summed E-state index contributed by atoms with van der Waals surface area (Å²) in [5.74, 6) is 0.905. The Morgan fingerprint density at radius 1 is 1.13 bits per heavy atom. The first-order chi connectivity index (χ1) is 7.40. The number of aromatic nitrogens is 2. The molecule has 0 saturated heterocycles. The smallest absolute Gasteiger partial charge is 0.131 e. The molecule has 2 fully saturated rings. The fraction of sp³-hybridized carbons (Fsp3) is 0.818. The number of rotatable bonds is 5. The number of hydrogen-bond donors (Lipinski definition) is 1. The Labute approximate surface area is 94.3 Å². The molecule has 0 bridgehead atoms. The highest BCUT2D eigenvalue weighted by Crippen LogP contribution is 2.30. The van der Waals surface area contributed by atoms with E-state index in [9.17, 15) is 0 Å². The van der Waals surface area contributed by atoms with Crippen molar-refractivity contribution in [1.82, 2.24) is 15.5 Å². The van der Waals surface area contributed by atoms with Gasteiger partial charge in [-0.3, -0.25) is 0 Å². The number of nitrogens with one attached hydrogen (secondary N) is 1. The maximum atomic E-state index is 4.26. The van der Waals surface area contributed by atoms with Gasteiger partial charge in [-0.1, -0.05) is 19.3 Å². The van der Waals surface area contributed by atoms with Crippen molar-refractivity contribution in [3.05, 3.63) is 10.0 Å². The molecule has 2 aliphatic carbocycles. The second-order valence-corrected chi connectivity index (χ2v) is 5.89. The predicted molar refractivity (Wildman–Crippen MR) is 60.8 cm³/mol. The minimum atomic E-state index is 0.768. The van der Waals surface area contributed by atoms with E-state index < -0.39 is 0 Å². The van der Waals surface area contributed by atoms with Crippen LogP contribution in [-0.4, -0.2) is 16.2 Å². The van der Waals surface area contributed by atoms with Crippen LogP contribution in [0.2, 0.25) is 0 Å². The van der Waals surface area contributed by atoms with Crippen molar-refractivity contribution in [1.29, 1.82) is 0 Å². The third-order valence-corrected chi connectivity index (χ3v) is 4.26. The molecular formula is C11H17N3S. The molecule has 15 heavy (non-hydrogen) atoms. The Morgan fingerprint density at radius 3 is 2.60 bits per heavy atom. The molecule has 0 amide bonds. The molecule has 0 aromatic carbocycles. The molecule has 0 atom stereocenters. The van der Waals surface area contributed by atoms with Crippen molar-refractivity contribution < 1.29 is 0 Å². The van der Waals surface area contributed by atoms with Crippen LogP contribution in [0.5, 0.6) is 0 Å². The second-order valence-electron chi connectivity index (χ2n) is 4.75. The first-order valence-electron chi connectivity index (χ1n) is 5.95. The quantitative estimate of drug-likeness (QED) is 0.831. The SMILES string of the molecule is C1CC(Cc2nnc(CNC3CC3)s2)C1. The highest BCUT2D eigenvalue weighted by atomic mass is 32.1.